The van der Waals surface area contributed by atoms with Gasteiger partial charge in [-0.25, -0.2) is 0 Å². The van der Waals surface area contributed by atoms with Crippen LogP contribution in [-0.4, -0.2) is 29.9 Å². The van der Waals surface area contributed by atoms with Crippen LogP contribution in [-0.2, 0) is 0 Å². The van der Waals surface area contributed by atoms with Gasteiger partial charge < -0.3 is 9.80 Å². The minimum atomic E-state index is 0.0462. The molecule has 2 aliphatic rings. The molecule has 2 heterocycles. The smallest absolute Gasteiger partial charge is 0.0493 e. The topological polar surface area (TPSA) is 6.48 Å². The zero-order valence-electron chi connectivity index (χ0n) is 26.5. The molecule has 2 nitrogen and oxygen atoms in total. The van der Waals surface area contributed by atoms with Crippen molar-refractivity contribution in [2.24, 2.45) is 5.41 Å². The average Bonchev–Trinajstić information content (AvgIpc) is 3.00. The lowest BCUT2D eigenvalue weighted by molar-refractivity contribution is 0.499. The first-order valence-corrected chi connectivity index (χ1v) is 15.4. The Labute approximate surface area is 254 Å². The minimum Gasteiger partial charge on any atom is -0.370 e. The largest absolute Gasteiger partial charge is 0.370 e. The second kappa shape index (κ2) is 12.1. The maximum Gasteiger partial charge on any atom is 0.0493 e. The van der Waals surface area contributed by atoms with E-state index in [4.69, 9.17) is 6.58 Å². The van der Waals surface area contributed by atoms with Gasteiger partial charge >= 0.3 is 0 Å². The zero-order chi connectivity index (χ0) is 30.0. The SMILES string of the molecule is C=C(c1ccccc1C1=CC=C(CC)CN1C)N1CC=C(C(C)(C)C)C=C1c1cc(-c2ccccc2)ccc1C(C)C. The first-order valence-electron chi connectivity index (χ1n) is 15.4. The Bertz CT molecular complexity index is 1590. The Balaban J connectivity index is 1.65. The fourth-order valence-electron chi connectivity index (χ4n) is 6.06. The van der Waals surface area contributed by atoms with Crippen molar-refractivity contribution in [1.29, 1.82) is 0 Å². The molecular weight excluding hydrogens is 508 g/mol. The van der Waals surface area contributed by atoms with E-state index < -0.39 is 0 Å². The van der Waals surface area contributed by atoms with Crippen LogP contribution in [0.25, 0.3) is 28.2 Å². The van der Waals surface area contributed by atoms with Gasteiger partial charge in [0, 0.05) is 53.9 Å². The van der Waals surface area contributed by atoms with E-state index in [-0.39, 0.29) is 5.41 Å². The lowest BCUT2D eigenvalue weighted by Crippen LogP contribution is -2.27. The molecule has 2 heteroatoms. The first kappa shape index (κ1) is 29.5. The molecule has 0 bridgehead atoms. The number of hydrogen-bond donors (Lipinski definition) is 0. The van der Waals surface area contributed by atoms with Crippen LogP contribution < -0.4 is 0 Å². The molecule has 0 atom stereocenters. The monoisotopic (exact) mass is 554 g/mol. The zero-order valence-corrected chi connectivity index (χ0v) is 26.5. The van der Waals surface area contributed by atoms with E-state index in [9.17, 15) is 0 Å². The van der Waals surface area contributed by atoms with E-state index in [1.807, 2.05) is 0 Å². The molecule has 3 aromatic carbocycles. The maximum absolute atomic E-state index is 4.77. The van der Waals surface area contributed by atoms with Crippen molar-refractivity contribution >= 4 is 17.1 Å². The van der Waals surface area contributed by atoms with Gasteiger partial charge in [-0.05, 0) is 58.2 Å². The fraction of sp³-hybridized carbons (Fsp3) is 0.300. The third-order valence-corrected chi connectivity index (χ3v) is 8.62. The third kappa shape index (κ3) is 5.95. The van der Waals surface area contributed by atoms with E-state index >= 15 is 0 Å². The summed E-state index contributed by atoms with van der Waals surface area (Å²) in [5.74, 6) is 0.387. The van der Waals surface area contributed by atoms with Crippen molar-refractivity contribution < 1.29 is 0 Å². The lowest BCUT2D eigenvalue weighted by Gasteiger charge is -2.37. The summed E-state index contributed by atoms with van der Waals surface area (Å²) in [4.78, 5) is 4.80. The molecule has 5 rings (SSSR count). The van der Waals surface area contributed by atoms with E-state index in [0.717, 1.165) is 25.2 Å². The Morgan fingerprint density at radius 3 is 2.24 bits per heavy atom. The molecule has 0 aromatic heterocycles. The highest BCUT2D eigenvalue weighted by Crippen LogP contribution is 2.42. The Hall–Kier alpha value is -4.04. The van der Waals surface area contributed by atoms with Crippen LogP contribution in [0, 0.1) is 5.41 Å². The maximum atomic E-state index is 4.77. The predicted molar refractivity (Wildman–Crippen MR) is 183 cm³/mol. The van der Waals surface area contributed by atoms with Crippen LogP contribution in [0.2, 0.25) is 0 Å². The van der Waals surface area contributed by atoms with Gasteiger partial charge in [-0.1, -0.05) is 133 Å². The number of allylic oxidation sites excluding steroid dienone is 4. The van der Waals surface area contributed by atoms with Crippen LogP contribution >= 0.6 is 0 Å². The van der Waals surface area contributed by atoms with E-state index in [2.05, 4.69) is 155 Å². The van der Waals surface area contributed by atoms with Crippen molar-refractivity contribution in [3.63, 3.8) is 0 Å². The highest BCUT2D eigenvalue weighted by molar-refractivity contribution is 5.86. The normalized spacial score (nSPS) is 15.7. The van der Waals surface area contributed by atoms with Crippen LogP contribution in [0.1, 0.15) is 76.1 Å². The van der Waals surface area contributed by atoms with Crippen molar-refractivity contribution in [3.8, 4) is 11.1 Å². The van der Waals surface area contributed by atoms with E-state index in [0.29, 0.717) is 5.92 Å². The molecular formula is C40H46N2. The molecule has 0 amide bonds. The summed E-state index contributed by atoms with van der Waals surface area (Å²) in [7, 11) is 2.20. The third-order valence-electron chi connectivity index (χ3n) is 8.62. The second-order valence-electron chi connectivity index (χ2n) is 13.0. The van der Waals surface area contributed by atoms with Crippen LogP contribution in [0.4, 0.5) is 0 Å². The summed E-state index contributed by atoms with van der Waals surface area (Å²) < 4.78 is 0. The molecule has 0 radical (unpaired) electrons. The highest BCUT2D eigenvalue weighted by atomic mass is 15.2. The van der Waals surface area contributed by atoms with Crippen LogP contribution in [0.15, 0.2) is 115 Å². The molecule has 0 spiro atoms. The Morgan fingerprint density at radius 1 is 0.857 bits per heavy atom. The van der Waals surface area contributed by atoms with Gasteiger partial charge in [0.15, 0.2) is 0 Å². The van der Waals surface area contributed by atoms with Crippen molar-refractivity contribution in [3.05, 3.63) is 137 Å². The van der Waals surface area contributed by atoms with Gasteiger partial charge in [-0.15, -0.1) is 0 Å². The summed E-state index contributed by atoms with van der Waals surface area (Å²) >= 11 is 0. The highest BCUT2D eigenvalue weighted by Gasteiger charge is 2.28. The van der Waals surface area contributed by atoms with Gasteiger partial charge in [0.1, 0.15) is 0 Å². The molecule has 0 unspecified atom stereocenters. The van der Waals surface area contributed by atoms with Crippen LogP contribution in [0.5, 0.6) is 0 Å². The van der Waals surface area contributed by atoms with Crippen LogP contribution in [0.3, 0.4) is 0 Å². The quantitative estimate of drug-likeness (QED) is 0.287. The minimum absolute atomic E-state index is 0.0462. The predicted octanol–water partition coefficient (Wildman–Crippen LogP) is 10.4. The summed E-state index contributed by atoms with van der Waals surface area (Å²) in [5.41, 5.74) is 13.9. The summed E-state index contributed by atoms with van der Waals surface area (Å²) in [6.07, 6.45) is 10.4. The van der Waals surface area contributed by atoms with E-state index in [1.54, 1.807) is 0 Å². The molecule has 0 fully saturated rings. The summed E-state index contributed by atoms with van der Waals surface area (Å²) in [6, 6.07) is 26.5. The molecule has 3 aromatic rings. The molecule has 2 aliphatic heterocycles. The number of likely N-dealkylation sites (N-methyl/N-ethyl adjacent to an activating group) is 1. The van der Waals surface area contributed by atoms with Gasteiger partial charge in [-0.2, -0.15) is 0 Å². The molecule has 0 N–H and O–H groups in total. The van der Waals surface area contributed by atoms with Gasteiger partial charge in [-0.3, -0.25) is 0 Å². The standard InChI is InChI=1S/C40H46N2/c1-9-30-19-22-38(41(8)27-30)36-18-14-13-17-35(36)29(4)42-24-23-33(40(5,6)7)26-39(42)37-25-32(20-21-34(37)28(2)3)31-15-11-10-12-16-31/h10-23,25-26,28H,4,9,24,27H2,1-3,5-8H3. The van der Waals surface area contributed by atoms with Gasteiger partial charge in [0.2, 0.25) is 0 Å². The molecule has 0 saturated heterocycles. The number of nitrogens with zero attached hydrogens (tertiary/aromatic N) is 2. The lowest BCUT2D eigenvalue weighted by atomic mass is 9.82. The average molecular weight is 555 g/mol. The molecule has 42 heavy (non-hydrogen) atoms. The number of hydrogen-bond acceptors (Lipinski definition) is 2. The van der Waals surface area contributed by atoms with Crippen molar-refractivity contribution in [2.75, 3.05) is 20.1 Å². The van der Waals surface area contributed by atoms with Gasteiger partial charge in [0.25, 0.3) is 0 Å². The first-order chi connectivity index (χ1) is 20.1. The fourth-order valence-corrected chi connectivity index (χ4v) is 6.06. The second-order valence-corrected chi connectivity index (χ2v) is 13.0. The van der Waals surface area contributed by atoms with E-state index in [1.165, 1.54) is 55.9 Å². The van der Waals surface area contributed by atoms with Gasteiger partial charge in [0.05, 0.1) is 0 Å². The summed E-state index contributed by atoms with van der Waals surface area (Å²) in [6.45, 7) is 20.3. The molecule has 0 aliphatic carbocycles. The van der Waals surface area contributed by atoms with Crippen molar-refractivity contribution in [1.82, 2.24) is 9.80 Å². The van der Waals surface area contributed by atoms with Crippen molar-refractivity contribution in [2.45, 2.75) is 53.9 Å². The number of benzene rings is 3. The summed E-state index contributed by atoms with van der Waals surface area (Å²) in [5, 5.41) is 0. The molecule has 0 saturated carbocycles. The number of rotatable bonds is 7. The Kier molecular flexibility index (Phi) is 8.45. The Morgan fingerprint density at radius 2 is 1.57 bits per heavy atom. The molecule has 216 valence electrons.